The van der Waals surface area contributed by atoms with Crippen LogP contribution >= 0.6 is 0 Å². The first-order chi connectivity index (χ1) is 9.30. The molecule has 1 aliphatic carbocycles. The molecule has 1 fully saturated rings. The molecule has 1 aliphatic rings. The van der Waals surface area contributed by atoms with Gasteiger partial charge in [0, 0.05) is 24.9 Å². The molecule has 0 saturated heterocycles. The SMILES string of the molecule is CCCC1CCC(CN)C(c2nccn2CCC)C1. The Labute approximate surface area is 117 Å². The van der Waals surface area contributed by atoms with Gasteiger partial charge in [-0.2, -0.15) is 0 Å². The molecule has 0 spiro atoms. The predicted octanol–water partition coefficient (Wildman–Crippen LogP) is 3.55. The smallest absolute Gasteiger partial charge is 0.112 e. The van der Waals surface area contributed by atoms with E-state index in [1.165, 1.54) is 44.3 Å². The van der Waals surface area contributed by atoms with Crippen molar-refractivity contribution >= 4 is 0 Å². The zero-order valence-electron chi connectivity index (χ0n) is 12.5. The van der Waals surface area contributed by atoms with Gasteiger partial charge in [0.1, 0.15) is 5.82 Å². The Morgan fingerprint density at radius 3 is 2.84 bits per heavy atom. The molecule has 0 amide bonds. The lowest BCUT2D eigenvalue weighted by Crippen LogP contribution is -2.30. The molecule has 3 atom stereocenters. The molecule has 1 saturated carbocycles. The van der Waals surface area contributed by atoms with Crippen molar-refractivity contribution in [2.75, 3.05) is 6.54 Å². The van der Waals surface area contributed by atoms with Crippen LogP contribution in [0.3, 0.4) is 0 Å². The Bertz CT molecular complexity index is 372. The van der Waals surface area contributed by atoms with Crippen LogP contribution in [0.5, 0.6) is 0 Å². The van der Waals surface area contributed by atoms with E-state index in [4.69, 9.17) is 5.73 Å². The Kier molecular flexibility index (Phi) is 5.44. The van der Waals surface area contributed by atoms with Gasteiger partial charge in [-0.05, 0) is 37.6 Å². The molecule has 3 nitrogen and oxygen atoms in total. The lowest BCUT2D eigenvalue weighted by molar-refractivity contribution is 0.220. The van der Waals surface area contributed by atoms with Crippen LogP contribution < -0.4 is 5.73 Å². The fourth-order valence-corrected chi connectivity index (χ4v) is 3.67. The van der Waals surface area contributed by atoms with Gasteiger partial charge in [-0.25, -0.2) is 4.98 Å². The topological polar surface area (TPSA) is 43.8 Å². The minimum atomic E-state index is 0.580. The maximum Gasteiger partial charge on any atom is 0.112 e. The summed E-state index contributed by atoms with van der Waals surface area (Å²) in [5.41, 5.74) is 6.01. The van der Waals surface area contributed by atoms with Gasteiger partial charge in [0.25, 0.3) is 0 Å². The summed E-state index contributed by atoms with van der Waals surface area (Å²) in [4.78, 5) is 4.66. The van der Waals surface area contributed by atoms with Gasteiger partial charge in [0.2, 0.25) is 0 Å². The first kappa shape index (κ1) is 14.6. The van der Waals surface area contributed by atoms with E-state index in [9.17, 15) is 0 Å². The molecule has 2 rings (SSSR count). The highest BCUT2D eigenvalue weighted by Gasteiger charge is 2.32. The van der Waals surface area contributed by atoms with Crippen molar-refractivity contribution in [2.24, 2.45) is 17.6 Å². The Hall–Kier alpha value is -0.830. The fraction of sp³-hybridized carbons (Fsp3) is 0.812. The van der Waals surface area contributed by atoms with E-state index in [1.54, 1.807) is 0 Å². The summed E-state index contributed by atoms with van der Waals surface area (Å²) in [6.45, 7) is 6.41. The minimum absolute atomic E-state index is 0.580. The lowest BCUT2D eigenvalue weighted by Gasteiger charge is -2.35. The van der Waals surface area contributed by atoms with Crippen molar-refractivity contribution in [2.45, 2.75) is 64.8 Å². The van der Waals surface area contributed by atoms with E-state index in [0.717, 1.165) is 19.0 Å². The van der Waals surface area contributed by atoms with E-state index in [0.29, 0.717) is 11.8 Å². The second-order valence-electron chi connectivity index (χ2n) is 6.05. The molecule has 19 heavy (non-hydrogen) atoms. The molecule has 1 aromatic heterocycles. The fourth-order valence-electron chi connectivity index (χ4n) is 3.67. The van der Waals surface area contributed by atoms with Gasteiger partial charge in [0.05, 0.1) is 0 Å². The second-order valence-corrected chi connectivity index (χ2v) is 6.05. The van der Waals surface area contributed by atoms with Gasteiger partial charge in [-0.1, -0.05) is 33.1 Å². The Morgan fingerprint density at radius 2 is 2.16 bits per heavy atom. The number of nitrogens with zero attached hydrogens (tertiary/aromatic N) is 2. The summed E-state index contributed by atoms with van der Waals surface area (Å²) in [5.74, 6) is 3.38. The average molecular weight is 263 g/mol. The molecule has 0 aromatic carbocycles. The molecule has 0 aliphatic heterocycles. The molecular weight excluding hydrogens is 234 g/mol. The number of nitrogens with two attached hydrogens (primary N) is 1. The quantitative estimate of drug-likeness (QED) is 0.853. The summed E-state index contributed by atoms with van der Waals surface area (Å²) < 4.78 is 2.35. The van der Waals surface area contributed by atoms with Gasteiger partial charge >= 0.3 is 0 Å². The van der Waals surface area contributed by atoms with Crippen LogP contribution in [0.15, 0.2) is 12.4 Å². The average Bonchev–Trinajstić information content (AvgIpc) is 2.87. The van der Waals surface area contributed by atoms with Crippen molar-refractivity contribution in [1.29, 1.82) is 0 Å². The Balaban J connectivity index is 2.14. The van der Waals surface area contributed by atoms with Gasteiger partial charge in [-0.15, -0.1) is 0 Å². The summed E-state index contributed by atoms with van der Waals surface area (Å²) >= 11 is 0. The third-order valence-corrected chi connectivity index (χ3v) is 4.65. The van der Waals surface area contributed by atoms with E-state index in [1.807, 2.05) is 6.20 Å². The van der Waals surface area contributed by atoms with E-state index >= 15 is 0 Å². The number of rotatable bonds is 6. The van der Waals surface area contributed by atoms with Gasteiger partial charge < -0.3 is 10.3 Å². The van der Waals surface area contributed by atoms with Crippen LogP contribution in [0.25, 0.3) is 0 Å². The zero-order valence-corrected chi connectivity index (χ0v) is 12.5. The zero-order chi connectivity index (χ0) is 13.7. The van der Waals surface area contributed by atoms with Crippen LogP contribution in [0.2, 0.25) is 0 Å². The molecule has 1 aromatic rings. The highest BCUT2D eigenvalue weighted by molar-refractivity contribution is 5.05. The van der Waals surface area contributed by atoms with Crippen molar-refractivity contribution in [3.63, 3.8) is 0 Å². The molecule has 3 unspecified atom stereocenters. The predicted molar refractivity (Wildman–Crippen MR) is 80.1 cm³/mol. The number of hydrogen-bond donors (Lipinski definition) is 1. The molecule has 0 bridgehead atoms. The Morgan fingerprint density at radius 1 is 1.32 bits per heavy atom. The van der Waals surface area contributed by atoms with E-state index in [-0.39, 0.29) is 0 Å². The largest absolute Gasteiger partial charge is 0.335 e. The third kappa shape index (κ3) is 3.38. The third-order valence-electron chi connectivity index (χ3n) is 4.65. The summed E-state index contributed by atoms with van der Waals surface area (Å²) in [7, 11) is 0. The van der Waals surface area contributed by atoms with Crippen molar-refractivity contribution in [3.05, 3.63) is 18.2 Å². The minimum Gasteiger partial charge on any atom is -0.335 e. The second kappa shape index (κ2) is 7.09. The highest BCUT2D eigenvalue weighted by Crippen LogP contribution is 2.41. The van der Waals surface area contributed by atoms with Crippen molar-refractivity contribution in [3.8, 4) is 0 Å². The number of aromatic nitrogens is 2. The maximum atomic E-state index is 6.01. The lowest BCUT2D eigenvalue weighted by atomic mass is 9.72. The van der Waals surface area contributed by atoms with Crippen LogP contribution in [0.1, 0.15) is 64.1 Å². The molecular formula is C16H29N3. The monoisotopic (exact) mass is 263 g/mol. The molecule has 108 valence electrons. The van der Waals surface area contributed by atoms with Crippen LogP contribution in [-0.2, 0) is 6.54 Å². The standard InChI is InChI=1S/C16H29N3/c1-3-5-13-6-7-14(12-17)15(11-13)16-18-8-10-19(16)9-4-2/h8,10,13-15H,3-7,9,11-12,17H2,1-2H3. The summed E-state index contributed by atoms with van der Waals surface area (Å²) in [6.07, 6.45) is 11.9. The van der Waals surface area contributed by atoms with Crippen LogP contribution in [0.4, 0.5) is 0 Å². The van der Waals surface area contributed by atoms with Crippen molar-refractivity contribution < 1.29 is 0 Å². The molecule has 1 heterocycles. The highest BCUT2D eigenvalue weighted by atomic mass is 15.1. The van der Waals surface area contributed by atoms with Gasteiger partial charge in [-0.3, -0.25) is 0 Å². The first-order valence-corrected chi connectivity index (χ1v) is 8.01. The maximum absolute atomic E-state index is 6.01. The summed E-state index contributed by atoms with van der Waals surface area (Å²) in [5, 5.41) is 0. The van der Waals surface area contributed by atoms with Gasteiger partial charge in [0.15, 0.2) is 0 Å². The summed E-state index contributed by atoms with van der Waals surface area (Å²) in [6, 6.07) is 0. The molecule has 3 heteroatoms. The normalized spacial score (nSPS) is 27.6. The van der Waals surface area contributed by atoms with E-state index in [2.05, 4.69) is 29.6 Å². The van der Waals surface area contributed by atoms with E-state index < -0.39 is 0 Å². The van der Waals surface area contributed by atoms with Crippen LogP contribution in [0, 0.1) is 11.8 Å². The first-order valence-electron chi connectivity index (χ1n) is 8.01. The number of imidazole rings is 1. The number of hydrogen-bond acceptors (Lipinski definition) is 2. The molecule has 0 radical (unpaired) electrons. The van der Waals surface area contributed by atoms with Crippen molar-refractivity contribution in [1.82, 2.24) is 9.55 Å². The van der Waals surface area contributed by atoms with Crippen LogP contribution in [-0.4, -0.2) is 16.1 Å². The molecule has 2 N–H and O–H groups in total. The number of aryl methyl sites for hydroxylation is 1.